The van der Waals surface area contributed by atoms with Gasteiger partial charge in [0, 0.05) is 24.4 Å². The number of hydrogen-bond donors (Lipinski definition) is 2. The van der Waals surface area contributed by atoms with Gasteiger partial charge in [0.25, 0.3) is 5.91 Å². The van der Waals surface area contributed by atoms with Gasteiger partial charge in [-0.1, -0.05) is 6.92 Å². The highest BCUT2D eigenvalue weighted by Crippen LogP contribution is 2.38. The van der Waals surface area contributed by atoms with E-state index in [0.29, 0.717) is 24.1 Å². The minimum atomic E-state index is -1.02. The summed E-state index contributed by atoms with van der Waals surface area (Å²) in [5, 5.41) is 2.79. The Kier molecular flexibility index (Phi) is 7.15. The van der Waals surface area contributed by atoms with Crippen molar-refractivity contribution in [2.24, 2.45) is 17.6 Å². The quantitative estimate of drug-likeness (QED) is 0.417. The first-order chi connectivity index (χ1) is 17.8. The molecule has 5 rings (SSSR count). The Labute approximate surface area is 213 Å². The third-order valence-corrected chi connectivity index (χ3v) is 7.04. The van der Waals surface area contributed by atoms with Crippen molar-refractivity contribution in [2.45, 2.75) is 51.0 Å². The van der Waals surface area contributed by atoms with Crippen LogP contribution in [0.3, 0.4) is 0 Å². The number of pyridine rings is 2. The second kappa shape index (κ2) is 10.5. The number of nitrogens with two attached hydrogens (primary N) is 1. The van der Waals surface area contributed by atoms with Crippen molar-refractivity contribution in [3.8, 4) is 17.0 Å². The number of amides is 1. The molecule has 0 aliphatic heterocycles. The maximum Gasteiger partial charge on any atom is 0.274 e. The van der Waals surface area contributed by atoms with E-state index in [4.69, 9.17) is 10.5 Å². The van der Waals surface area contributed by atoms with Crippen molar-refractivity contribution in [3.63, 3.8) is 0 Å². The number of nitrogens with one attached hydrogen (secondary N) is 1. The molecule has 37 heavy (non-hydrogen) atoms. The van der Waals surface area contributed by atoms with Crippen molar-refractivity contribution in [3.05, 3.63) is 71.4 Å². The van der Waals surface area contributed by atoms with E-state index in [0.717, 1.165) is 55.9 Å². The van der Waals surface area contributed by atoms with Crippen LogP contribution in [0.2, 0.25) is 0 Å². The molecule has 0 spiro atoms. The van der Waals surface area contributed by atoms with E-state index >= 15 is 0 Å². The molecule has 194 valence electrons. The van der Waals surface area contributed by atoms with Gasteiger partial charge in [-0.3, -0.25) is 9.78 Å². The summed E-state index contributed by atoms with van der Waals surface area (Å²) in [6.45, 7) is 2.53. The number of anilines is 1. The molecule has 2 heterocycles. The standard InChI is InChI=1S/C28H29F3N4O2/c1-15-8-17(10-18(32)9-15)20-6-7-33-13-25(20)35-28(36)24-5-4-21(29)27(34-24)26-22(30)11-19(12-23(26)31)37-14-16-2-3-16/h4-7,11-13,15-18H,2-3,8-10,14,32H2,1H3,(H,35,36)/t15-,17+,18+/m0/s1. The minimum absolute atomic E-state index is 0.0285. The Bertz CT molecular complexity index is 1280. The highest BCUT2D eigenvalue weighted by molar-refractivity contribution is 6.03. The molecule has 3 aromatic rings. The number of halogens is 3. The molecule has 0 bridgehead atoms. The van der Waals surface area contributed by atoms with E-state index in [-0.39, 0.29) is 23.4 Å². The molecule has 1 amide bonds. The van der Waals surface area contributed by atoms with Crippen LogP contribution in [-0.2, 0) is 0 Å². The molecule has 3 atom stereocenters. The summed E-state index contributed by atoms with van der Waals surface area (Å²) < 4.78 is 49.9. The normalized spacial score (nSPS) is 21.5. The van der Waals surface area contributed by atoms with Crippen molar-refractivity contribution in [2.75, 3.05) is 11.9 Å². The van der Waals surface area contributed by atoms with Crippen molar-refractivity contribution in [1.82, 2.24) is 9.97 Å². The highest BCUT2D eigenvalue weighted by Gasteiger charge is 2.28. The Morgan fingerprint density at radius 3 is 2.54 bits per heavy atom. The van der Waals surface area contributed by atoms with Crippen LogP contribution in [0.4, 0.5) is 18.9 Å². The summed E-state index contributed by atoms with van der Waals surface area (Å²) in [6.07, 6.45) is 7.93. The van der Waals surface area contributed by atoms with Crippen LogP contribution in [0.5, 0.6) is 5.75 Å². The molecular weight excluding hydrogens is 481 g/mol. The zero-order chi connectivity index (χ0) is 26.1. The van der Waals surface area contributed by atoms with Gasteiger partial charge in [0.15, 0.2) is 0 Å². The van der Waals surface area contributed by atoms with E-state index < -0.39 is 34.6 Å². The minimum Gasteiger partial charge on any atom is -0.493 e. The van der Waals surface area contributed by atoms with Gasteiger partial charge in [-0.05, 0) is 73.6 Å². The van der Waals surface area contributed by atoms with Gasteiger partial charge in [0.1, 0.15) is 34.6 Å². The van der Waals surface area contributed by atoms with Crippen LogP contribution in [-0.4, -0.2) is 28.5 Å². The molecule has 0 unspecified atom stereocenters. The van der Waals surface area contributed by atoms with Gasteiger partial charge in [-0.25, -0.2) is 18.2 Å². The topological polar surface area (TPSA) is 90.1 Å². The number of hydrogen-bond acceptors (Lipinski definition) is 5. The summed E-state index contributed by atoms with van der Waals surface area (Å²) in [7, 11) is 0. The van der Waals surface area contributed by atoms with Crippen molar-refractivity contribution >= 4 is 11.6 Å². The molecule has 2 aromatic heterocycles. The molecular formula is C28H29F3N4O2. The number of rotatable bonds is 7. The van der Waals surface area contributed by atoms with E-state index in [2.05, 4.69) is 22.2 Å². The predicted molar refractivity (Wildman–Crippen MR) is 134 cm³/mol. The molecule has 2 aliphatic rings. The summed E-state index contributed by atoms with van der Waals surface area (Å²) in [6, 6.07) is 6.08. The number of nitrogens with zero attached hydrogens (tertiary/aromatic N) is 2. The SMILES string of the molecule is C[C@@H]1C[C@@H](N)C[C@H](c2ccncc2NC(=O)c2ccc(F)c(-c3c(F)cc(OCC4CC4)cc3F)n2)C1. The van der Waals surface area contributed by atoms with Gasteiger partial charge < -0.3 is 15.8 Å². The van der Waals surface area contributed by atoms with Crippen LogP contribution in [0.15, 0.2) is 42.7 Å². The fourth-order valence-corrected chi connectivity index (χ4v) is 5.06. The average Bonchev–Trinajstić information content (AvgIpc) is 3.68. The number of carbonyl (C=O) groups is 1. The molecule has 2 aliphatic carbocycles. The molecule has 0 saturated heterocycles. The molecule has 0 radical (unpaired) electrons. The molecule has 9 heteroatoms. The van der Waals surface area contributed by atoms with Gasteiger partial charge in [-0.15, -0.1) is 0 Å². The first kappa shape index (κ1) is 25.2. The Morgan fingerprint density at radius 2 is 1.84 bits per heavy atom. The largest absolute Gasteiger partial charge is 0.493 e. The lowest BCUT2D eigenvalue weighted by Crippen LogP contribution is -2.31. The third-order valence-electron chi connectivity index (χ3n) is 7.04. The highest BCUT2D eigenvalue weighted by atomic mass is 19.1. The lowest BCUT2D eigenvalue weighted by atomic mass is 9.76. The zero-order valence-corrected chi connectivity index (χ0v) is 20.5. The first-order valence-electron chi connectivity index (χ1n) is 12.6. The second-order valence-electron chi connectivity index (χ2n) is 10.2. The van der Waals surface area contributed by atoms with Crippen molar-refractivity contribution in [1.29, 1.82) is 0 Å². The molecule has 2 fully saturated rings. The van der Waals surface area contributed by atoms with Gasteiger partial charge in [-0.2, -0.15) is 0 Å². The van der Waals surface area contributed by atoms with Gasteiger partial charge in [0.05, 0.1) is 24.1 Å². The molecule has 6 nitrogen and oxygen atoms in total. The van der Waals surface area contributed by atoms with E-state index in [1.54, 1.807) is 12.4 Å². The molecule has 3 N–H and O–H groups in total. The Morgan fingerprint density at radius 1 is 1.08 bits per heavy atom. The maximum absolute atomic E-state index is 14.9. The Balaban J connectivity index is 1.39. The average molecular weight is 511 g/mol. The third kappa shape index (κ3) is 5.77. The monoisotopic (exact) mass is 510 g/mol. The van der Waals surface area contributed by atoms with Crippen molar-refractivity contribution < 1.29 is 22.7 Å². The van der Waals surface area contributed by atoms with Crippen LogP contribution in [0.1, 0.15) is 61.0 Å². The fraction of sp³-hybridized carbons (Fsp3) is 0.393. The number of benzene rings is 1. The summed E-state index contributed by atoms with van der Waals surface area (Å²) in [5.74, 6) is -2.61. The first-order valence-corrected chi connectivity index (χ1v) is 12.6. The van der Waals surface area contributed by atoms with Gasteiger partial charge >= 0.3 is 0 Å². The van der Waals surface area contributed by atoms with E-state index in [9.17, 15) is 18.0 Å². The number of aromatic nitrogens is 2. The van der Waals surface area contributed by atoms with E-state index in [1.807, 2.05) is 6.07 Å². The summed E-state index contributed by atoms with van der Waals surface area (Å²) in [5.41, 5.74) is 6.21. The molecule has 1 aromatic carbocycles. The summed E-state index contributed by atoms with van der Waals surface area (Å²) in [4.78, 5) is 21.2. The number of ether oxygens (including phenoxy) is 1. The van der Waals surface area contributed by atoms with E-state index in [1.165, 1.54) is 6.07 Å². The van der Waals surface area contributed by atoms with Crippen LogP contribution in [0, 0.1) is 29.3 Å². The smallest absolute Gasteiger partial charge is 0.274 e. The maximum atomic E-state index is 14.9. The van der Waals surface area contributed by atoms with Crippen LogP contribution in [0.25, 0.3) is 11.3 Å². The lowest BCUT2D eigenvalue weighted by Gasteiger charge is -2.32. The molecule has 2 saturated carbocycles. The van der Waals surface area contributed by atoms with Crippen LogP contribution >= 0.6 is 0 Å². The zero-order valence-electron chi connectivity index (χ0n) is 20.5. The Hall–Kier alpha value is -3.46. The second-order valence-corrected chi connectivity index (χ2v) is 10.2. The number of carbonyl (C=O) groups excluding carboxylic acids is 1. The van der Waals surface area contributed by atoms with Gasteiger partial charge in [0.2, 0.25) is 0 Å². The van der Waals surface area contributed by atoms with Crippen LogP contribution < -0.4 is 15.8 Å². The predicted octanol–water partition coefficient (Wildman–Crippen LogP) is 5.83. The fourth-order valence-electron chi connectivity index (χ4n) is 5.06. The lowest BCUT2D eigenvalue weighted by molar-refractivity contribution is 0.102. The summed E-state index contributed by atoms with van der Waals surface area (Å²) >= 11 is 0.